The minimum atomic E-state index is 0.690. The van der Waals surface area contributed by atoms with Gasteiger partial charge in [-0.3, -0.25) is 4.90 Å². The standard InChI is InChI=1S/C12H21N3S/c1-9-4-3-5-10(2)15(9)7-6-11-8-16-12(13)14-11/h8-10H,3-7H2,1-2H3,(H2,13,14)/t9-,10+. The topological polar surface area (TPSA) is 42.1 Å². The summed E-state index contributed by atoms with van der Waals surface area (Å²) in [6.45, 7) is 5.79. The molecule has 2 rings (SSSR count). The maximum Gasteiger partial charge on any atom is 0.180 e. The van der Waals surface area contributed by atoms with Gasteiger partial charge in [-0.1, -0.05) is 6.42 Å². The second-order valence-electron chi connectivity index (χ2n) is 4.79. The number of piperidine rings is 1. The smallest absolute Gasteiger partial charge is 0.180 e. The number of nitrogens with zero attached hydrogens (tertiary/aromatic N) is 2. The molecule has 2 atom stereocenters. The third kappa shape index (κ3) is 2.74. The molecule has 16 heavy (non-hydrogen) atoms. The van der Waals surface area contributed by atoms with Crippen molar-refractivity contribution in [2.45, 2.75) is 51.6 Å². The lowest BCUT2D eigenvalue weighted by Gasteiger charge is -2.38. The molecule has 90 valence electrons. The number of thiazole rings is 1. The monoisotopic (exact) mass is 239 g/mol. The van der Waals surface area contributed by atoms with Gasteiger partial charge in [0.05, 0.1) is 5.69 Å². The van der Waals surface area contributed by atoms with E-state index in [9.17, 15) is 0 Å². The van der Waals surface area contributed by atoms with Gasteiger partial charge in [-0.25, -0.2) is 4.98 Å². The van der Waals surface area contributed by atoms with Gasteiger partial charge in [-0.2, -0.15) is 0 Å². The summed E-state index contributed by atoms with van der Waals surface area (Å²) in [5, 5.41) is 2.77. The Labute approximate surface area is 102 Å². The van der Waals surface area contributed by atoms with E-state index in [1.165, 1.54) is 19.3 Å². The minimum Gasteiger partial charge on any atom is -0.375 e. The van der Waals surface area contributed by atoms with Crippen molar-refractivity contribution in [3.05, 3.63) is 11.1 Å². The number of likely N-dealkylation sites (tertiary alicyclic amines) is 1. The molecular formula is C12H21N3S. The maximum atomic E-state index is 5.64. The average molecular weight is 239 g/mol. The Morgan fingerprint density at radius 3 is 2.69 bits per heavy atom. The van der Waals surface area contributed by atoms with Crippen molar-refractivity contribution in [2.24, 2.45) is 0 Å². The summed E-state index contributed by atoms with van der Waals surface area (Å²) >= 11 is 1.54. The molecule has 1 aromatic heterocycles. The predicted octanol–water partition coefficient (Wildman–Crippen LogP) is 2.53. The summed E-state index contributed by atoms with van der Waals surface area (Å²) in [5.74, 6) is 0. The van der Waals surface area contributed by atoms with Gasteiger partial charge in [-0.15, -0.1) is 11.3 Å². The van der Waals surface area contributed by atoms with Crippen LogP contribution in [0.2, 0.25) is 0 Å². The van der Waals surface area contributed by atoms with Crippen molar-refractivity contribution < 1.29 is 0 Å². The van der Waals surface area contributed by atoms with Gasteiger partial charge in [0.1, 0.15) is 0 Å². The summed E-state index contributed by atoms with van der Waals surface area (Å²) in [5.41, 5.74) is 6.78. The Bertz CT molecular complexity index is 327. The Balaban J connectivity index is 1.88. The Hall–Kier alpha value is -0.610. The molecule has 3 nitrogen and oxygen atoms in total. The van der Waals surface area contributed by atoms with Crippen molar-refractivity contribution in [3.8, 4) is 0 Å². The number of hydrogen-bond donors (Lipinski definition) is 1. The normalized spacial score (nSPS) is 27.1. The van der Waals surface area contributed by atoms with Gasteiger partial charge >= 0.3 is 0 Å². The van der Waals surface area contributed by atoms with E-state index < -0.39 is 0 Å². The van der Waals surface area contributed by atoms with Crippen molar-refractivity contribution in [1.82, 2.24) is 9.88 Å². The van der Waals surface area contributed by atoms with Gasteiger partial charge in [-0.05, 0) is 26.7 Å². The lowest BCUT2D eigenvalue weighted by Crippen LogP contribution is -2.44. The number of nitrogens with two attached hydrogens (primary N) is 1. The highest BCUT2D eigenvalue weighted by Gasteiger charge is 2.24. The van der Waals surface area contributed by atoms with E-state index in [1.807, 2.05) is 0 Å². The van der Waals surface area contributed by atoms with Crippen LogP contribution in [0.4, 0.5) is 5.13 Å². The zero-order valence-corrected chi connectivity index (χ0v) is 11.0. The zero-order valence-electron chi connectivity index (χ0n) is 10.1. The predicted molar refractivity (Wildman–Crippen MR) is 69.7 cm³/mol. The summed E-state index contributed by atoms with van der Waals surface area (Å²) in [4.78, 5) is 6.92. The largest absolute Gasteiger partial charge is 0.375 e. The van der Waals surface area contributed by atoms with Crippen LogP contribution in [0, 0.1) is 0 Å². The molecule has 0 amide bonds. The molecule has 0 aromatic carbocycles. The molecule has 1 aliphatic rings. The highest BCUT2D eigenvalue weighted by molar-refractivity contribution is 7.13. The van der Waals surface area contributed by atoms with Gasteiger partial charge in [0.25, 0.3) is 0 Å². The van der Waals surface area contributed by atoms with Crippen LogP contribution in [0.5, 0.6) is 0 Å². The second kappa shape index (κ2) is 5.15. The summed E-state index contributed by atoms with van der Waals surface area (Å²) in [7, 11) is 0. The first-order valence-corrected chi connectivity index (χ1v) is 7.00. The molecule has 0 radical (unpaired) electrons. The number of rotatable bonds is 3. The third-order valence-corrected chi connectivity index (χ3v) is 4.29. The first kappa shape index (κ1) is 11.9. The fourth-order valence-corrected chi connectivity index (χ4v) is 3.19. The van der Waals surface area contributed by atoms with Gasteiger partial charge in [0, 0.05) is 30.4 Å². The maximum absolute atomic E-state index is 5.64. The van der Waals surface area contributed by atoms with E-state index in [0.29, 0.717) is 5.13 Å². The second-order valence-corrected chi connectivity index (χ2v) is 5.68. The van der Waals surface area contributed by atoms with Gasteiger partial charge in [0.2, 0.25) is 0 Å². The van der Waals surface area contributed by atoms with Crippen LogP contribution in [0.1, 0.15) is 38.8 Å². The molecule has 1 aromatic rings. The van der Waals surface area contributed by atoms with Crippen LogP contribution in [0.3, 0.4) is 0 Å². The molecule has 0 spiro atoms. The van der Waals surface area contributed by atoms with Crippen LogP contribution in [-0.2, 0) is 6.42 Å². The van der Waals surface area contributed by atoms with E-state index in [4.69, 9.17) is 5.73 Å². The van der Waals surface area contributed by atoms with Crippen LogP contribution >= 0.6 is 11.3 Å². The molecule has 0 aliphatic carbocycles. The van der Waals surface area contributed by atoms with Crippen LogP contribution in [0.25, 0.3) is 0 Å². The highest BCUT2D eigenvalue weighted by atomic mass is 32.1. The molecule has 0 unspecified atom stereocenters. The molecule has 2 heterocycles. The van der Waals surface area contributed by atoms with Gasteiger partial charge < -0.3 is 5.73 Å². The van der Waals surface area contributed by atoms with Crippen LogP contribution < -0.4 is 5.73 Å². The minimum absolute atomic E-state index is 0.690. The highest BCUT2D eigenvalue weighted by Crippen LogP contribution is 2.23. The first-order valence-electron chi connectivity index (χ1n) is 6.12. The van der Waals surface area contributed by atoms with E-state index in [2.05, 4.69) is 29.1 Å². The molecule has 1 aliphatic heterocycles. The zero-order chi connectivity index (χ0) is 11.5. The van der Waals surface area contributed by atoms with Crippen molar-refractivity contribution in [3.63, 3.8) is 0 Å². The number of aromatic nitrogens is 1. The molecule has 4 heteroatoms. The third-order valence-electron chi connectivity index (χ3n) is 3.57. The Morgan fingerprint density at radius 1 is 1.44 bits per heavy atom. The summed E-state index contributed by atoms with van der Waals surface area (Å²) in [6, 6.07) is 1.44. The number of anilines is 1. The molecule has 0 bridgehead atoms. The Kier molecular flexibility index (Phi) is 3.82. The lowest BCUT2D eigenvalue weighted by molar-refractivity contribution is 0.105. The van der Waals surface area contributed by atoms with Crippen molar-refractivity contribution >= 4 is 16.5 Å². The quantitative estimate of drug-likeness (QED) is 0.881. The molecule has 1 fully saturated rings. The first-order chi connectivity index (χ1) is 7.66. The van der Waals surface area contributed by atoms with E-state index >= 15 is 0 Å². The number of nitrogen functional groups attached to an aromatic ring is 1. The fraction of sp³-hybridized carbons (Fsp3) is 0.750. The van der Waals surface area contributed by atoms with E-state index in [0.717, 1.165) is 30.7 Å². The summed E-state index contributed by atoms with van der Waals surface area (Å²) < 4.78 is 0. The number of hydrogen-bond acceptors (Lipinski definition) is 4. The molecular weight excluding hydrogens is 218 g/mol. The van der Waals surface area contributed by atoms with Crippen LogP contribution in [-0.4, -0.2) is 28.5 Å². The lowest BCUT2D eigenvalue weighted by atomic mass is 9.97. The fourth-order valence-electron chi connectivity index (χ4n) is 2.60. The Morgan fingerprint density at radius 2 is 2.12 bits per heavy atom. The van der Waals surface area contributed by atoms with Crippen molar-refractivity contribution in [2.75, 3.05) is 12.3 Å². The molecule has 1 saturated heterocycles. The van der Waals surface area contributed by atoms with Crippen molar-refractivity contribution in [1.29, 1.82) is 0 Å². The SMILES string of the molecule is C[C@@H]1CCC[C@H](C)N1CCc1csc(N)n1. The van der Waals surface area contributed by atoms with E-state index in [-0.39, 0.29) is 0 Å². The molecule has 2 N–H and O–H groups in total. The molecule has 0 saturated carbocycles. The summed E-state index contributed by atoms with van der Waals surface area (Å²) in [6.07, 6.45) is 5.08. The van der Waals surface area contributed by atoms with Crippen LogP contribution in [0.15, 0.2) is 5.38 Å². The van der Waals surface area contributed by atoms with E-state index in [1.54, 1.807) is 11.3 Å². The van der Waals surface area contributed by atoms with Gasteiger partial charge in [0.15, 0.2) is 5.13 Å². The average Bonchev–Trinajstić information content (AvgIpc) is 2.63.